The fourth-order valence-electron chi connectivity index (χ4n) is 1.89. The van der Waals surface area contributed by atoms with Gasteiger partial charge in [0.05, 0.1) is 5.69 Å². The Hall–Kier alpha value is -2.10. The van der Waals surface area contributed by atoms with E-state index in [1.165, 1.54) is 10.2 Å². The molecule has 0 saturated carbocycles. The third kappa shape index (κ3) is 3.70. The highest BCUT2D eigenvalue weighted by atomic mass is 16.6. The van der Waals surface area contributed by atoms with Crippen molar-refractivity contribution in [2.24, 2.45) is 0 Å². The fourth-order valence-corrected chi connectivity index (χ4v) is 1.89. The highest BCUT2D eigenvalue weighted by Crippen LogP contribution is 2.14. The number of ether oxygens (including phenoxy) is 1. The van der Waals surface area contributed by atoms with Crippen molar-refractivity contribution in [2.75, 3.05) is 0 Å². The van der Waals surface area contributed by atoms with E-state index in [1.807, 2.05) is 45.9 Å². The van der Waals surface area contributed by atoms with Gasteiger partial charge in [-0.05, 0) is 38.8 Å². The molecule has 0 N–H and O–H groups in total. The average Bonchev–Trinajstić information content (AvgIpc) is 2.70. The van der Waals surface area contributed by atoms with Crippen LogP contribution in [-0.2, 0) is 11.2 Å². The number of carbonyl (C=O) groups is 1. The van der Waals surface area contributed by atoms with E-state index in [1.54, 1.807) is 6.20 Å². The molecule has 4 heteroatoms. The second-order valence-electron chi connectivity index (χ2n) is 5.83. The maximum atomic E-state index is 12.0. The molecule has 0 aliphatic carbocycles. The van der Waals surface area contributed by atoms with Crippen molar-refractivity contribution < 1.29 is 9.53 Å². The second-order valence-corrected chi connectivity index (χ2v) is 5.83. The number of aromatic nitrogens is 2. The first-order chi connectivity index (χ1) is 9.35. The molecular weight excluding hydrogens is 252 g/mol. The smallest absolute Gasteiger partial charge is 0.435 e. The lowest BCUT2D eigenvalue weighted by Crippen LogP contribution is -2.27. The molecule has 106 valence electrons. The van der Waals surface area contributed by atoms with E-state index in [2.05, 4.69) is 17.2 Å². The van der Waals surface area contributed by atoms with E-state index in [4.69, 9.17) is 4.74 Å². The molecule has 0 unspecified atom stereocenters. The van der Waals surface area contributed by atoms with Gasteiger partial charge in [0.15, 0.2) is 0 Å². The van der Waals surface area contributed by atoms with Crippen LogP contribution >= 0.6 is 0 Å². The van der Waals surface area contributed by atoms with Gasteiger partial charge in [0.2, 0.25) is 0 Å². The van der Waals surface area contributed by atoms with Gasteiger partial charge in [0.1, 0.15) is 5.60 Å². The minimum absolute atomic E-state index is 0.445. The van der Waals surface area contributed by atoms with Gasteiger partial charge in [-0.2, -0.15) is 9.78 Å². The van der Waals surface area contributed by atoms with Gasteiger partial charge in [-0.25, -0.2) is 4.79 Å². The molecule has 2 rings (SSSR count). The molecule has 0 atom stereocenters. The summed E-state index contributed by atoms with van der Waals surface area (Å²) in [5.41, 5.74) is 2.55. The summed E-state index contributed by atoms with van der Waals surface area (Å²) in [6.45, 7) is 7.42. The van der Waals surface area contributed by atoms with Gasteiger partial charge in [0, 0.05) is 12.6 Å². The Morgan fingerprint density at radius 2 is 1.90 bits per heavy atom. The lowest BCUT2D eigenvalue weighted by molar-refractivity contribution is 0.0514. The Labute approximate surface area is 119 Å². The van der Waals surface area contributed by atoms with Crippen LogP contribution in [0.2, 0.25) is 0 Å². The summed E-state index contributed by atoms with van der Waals surface area (Å²) >= 11 is 0. The van der Waals surface area contributed by atoms with Crippen LogP contribution in [0.15, 0.2) is 36.5 Å². The van der Waals surface area contributed by atoms with E-state index >= 15 is 0 Å². The first kappa shape index (κ1) is 14.3. The molecule has 2 aromatic rings. The highest BCUT2D eigenvalue weighted by Gasteiger charge is 2.19. The van der Waals surface area contributed by atoms with Gasteiger partial charge in [0.25, 0.3) is 0 Å². The molecule has 4 nitrogen and oxygen atoms in total. The van der Waals surface area contributed by atoms with Gasteiger partial charge in [-0.1, -0.05) is 30.3 Å². The quantitative estimate of drug-likeness (QED) is 0.839. The summed E-state index contributed by atoms with van der Waals surface area (Å²) in [5.74, 6) is 0. The molecule has 0 fully saturated rings. The first-order valence-electron chi connectivity index (χ1n) is 6.67. The molecular formula is C16H20N2O2. The summed E-state index contributed by atoms with van der Waals surface area (Å²) in [7, 11) is 0. The van der Waals surface area contributed by atoms with Crippen molar-refractivity contribution in [3.05, 3.63) is 53.3 Å². The largest absolute Gasteiger partial charge is 0.442 e. The van der Waals surface area contributed by atoms with Crippen LogP contribution < -0.4 is 0 Å². The Morgan fingerprint density at radius 1 is 1.25 bits per heavy atom. The van der Waals surface area contributed by atoms with Crippen LogP contribution in [0.1, 0.15) is 37.6 Å². The van der Waals surface area contributed by atoms with Gasteiger partial charge < -0.3 is 4.74 Å². The topological polar surface area (TPSA) is 44.1 Å². The Kier molecular flexibility index (Phi) is 3.93. The molecule has 0 aliphatic rings. The molecule has 1 heterocycles. The molecule has 0 saturated heterocycles. The molecule has 0 radical (unpaired) electrons. The van der Waals surface area contributed by atoms with Crippen molar-refractivity contribution in [3.63, 3.8) is 0 Å². The van der Waals surface area contributed by atoms with Crippen LogP contribution in [0.5, 0.6) is 0 Å². The van der Waals surface area contributed by atoms with Gasteiger partial charge in [-0.3, -0.25) is 0 Å². The van der Waals surface area contributed by atoms with Crippen molar-refractivity contribution in [1.82, 2.24) is 9.78 Å². The summed E-state index contributed by atoms with van der Waals surface area (Å²) in [5, 5.41) is 4.23. The van der Waals surface area contributed by atoms with Crippen LogP contribution in [0.25, 0.3) is 0 Å². The molecule has 0 aliphatic heterocycles. The number of hydrogen-bond donors (Lipinski definition) is 0. The number of carbonyl (C=O) groups excluding carboxylic acids is 1. The minimum Gasteiger partial charge on any atom is -0.442 e. The lowest BCUT2D eigenvalue weighted by atomic mass is 10.1. The van der Waals surface area contributed by atoms with E-state index in [0.717, 1.165) is 17.7 Å². The summed E-state index contributed by atoms with van der Waals surface area (Å²) < 4.78 is 6.58. The van der Waals surface area contributed by atoms with Crippen LogP contribution in [0.4, 0.5) is 4.79 Å². The van der Waals surface area contributed by atoms with Crippen LogP contribution in [-0.4, -0.2) is 21.5 Å². The zero-order chi connectivity index (χ0) is 14.8. The molecule has 1 aromatic heterocycles. The predicted octanol–water partition coefficient (Wildman–Crippen LogP) is 3.57. The Morgan fingerprint density at radius 3 is 2.50 bits per heavy atom. The predicted molar refractivity (Wildman–Crippen MR) is 77.8 cm³/mol. The number of aryl methyl sites for hydroxylation is 1. The van der Waals surface area contributed by atoms with Gasteiger partial charge in [-0.15, -0.1) is 0 Å². The first-order valence-corrected chi connectivity index (χ1v) is 6.67. The molecule has 0 bridgehead atoms. The van der Waals surface area contributed by atoms with Crippen molar-refractivity contribution in [3.8, 4) is 0 Å². The third-order valence-electron chi connectivity index (χ3n) is 2.82. The highest BCUT2D eigenvalue weighted by molar-refractivity contribution is 5.70. The summed E-state index contributed by atoms with van der Waals surface area (Å²) in [6.07, 6.45) is 2.06. The standard InChI is InChI=1S/C16H20N2O2/c1-12-14(10-13-8-6-5-7-9-13)11-18(17-12)15(19)20-16(2,3)4/h5-9,11H,10H2,1-4H3. The number of hydrogen-bond acceptors (Lipinski definition) is 3. The summed E-state index contributed by atoms with van der Waals surface area (Å²) in [6, 6.07) is 10.1. The summed E-state index contributed by atoms with van der Waals surface area (Å²) in [4.78, 5) is 12.0. The van der Waals surface area contributed by atoms with Crippen LogP contribution in [0, 0.1) is 6.92 Å². The fraction of sp³-hybridized carbons (Fsp3) is 0.375. The molecule has 0 amide bonds. The third-order valence-corrected chi connectivity index (χ3v) is 2.82. The monoisotopic (exact) mass is 272 g/mol. The number of benzene rings is 1. The molecule has 1 aromatic carbocycles. The van der Waals surface area contributed by atoms with Crippen molar-refractivity contribution in [1.29, 1.82) is 0 Å². The Bertz CT molecular complexity index is 595. The Balaban J connectivity index is 2.16. The van der Waals surface area contributed by atoms with E-state index in [9.17, 15) is 4.79 Å². The second kappa shape index (κ2) is 5.49. The van der Waals surface area contributed by atoms with E-state index < -0.39 is 11.7 Å². The minimum atomic E-state index is -0.517. The van der Waals surface area contributed by atoms with Crippen LogP contribution in [0.3, 0.4) is 0 Å². The van der Waals surface area contributed by atoms with E-state index in [-0.39, 0.29) is 0 Å². The average molecular weight is 272 g/mol. The zero-order valence-electron chi connectivity index (χ0n) is 12.4. The zero-order valence-corrected chi connectivity index (χ0v) is 12.4. The maximum absolute atomic E-state index is 12.0. The van der Waals surface area contributed by atoms with Crippen molar-refractivity contribution >= 4 is 6.09 Å². The molecule has 20 heavy (non-hydrogen) atoms. The number of nitrogens with zero attached hydrogens (tertiary/aromatic N) is 2. The van der Waals surface area contributed by atoms with Gasteiger partial charge >= 0.3 is 6.09 Å². The van der Waals surface area contributed by atoms with E-state index in [0.29, 0.717) is 0 Å². The lowest BCUT2D eigenvalue weighted by Gasteiger charge is -2.18. The molecule has 0 spiro atoms. The SMILES string of the molecule is Cc1nn(C(=O)OC(C)(C)C)cc1Cc1ccccc1. The number of rotatable bonds is 2. The van der Waals surface area contributed by atoms with Crippen molar-refractivity contribution in [2.45, 2.75) is 39.7 Å². The normalized spacial score (nSPS) is 11.4. The maximum Gasteiger partial charge on any atom is 0.435 e.